The molecule has 1 unspecified atom stereocenters. The van der Waals surface area contributed by atoms with E-state index in [-0.39, 0.29) is 35.3 Å². The van der Waals surface area contributed by atoms with Crippen molar-refractivity contribution in [1.82, 2.24) is 9.88 Å². The van der Waals surface area contributed by atoms with Crippen molar-refractivity contribution in [3.05, 3.63) is 52.8 Å². The third-order valence-electron chi connectivity index (χ3n) is 6.98. The quantitative estimate of drug-likeness (QED) is 0.626. The van der Waals surface area contributed by atoms with E-state index in [1.54, 1.807) is 7.11 Å². The van der Waals surface area contributed by atoms with Gasteiger partial charge in [-0.3, -0.25) is 9.88 Å². The number of aromatic hydroxyl groups is 1. The highest BCUT2D eigenvalue weighted by atomic mass is 28.3. The van der Waals surface area contributed by atoms with Gasteiger partial charge in [0.25, 0.3) is 0 Å². The van der Waals surface area contributed by atoms with Gasteiger partial charge in [-0.2, -0.15) is 0 Å². The second-order valence-corrected chi connectivity index (χ2v) is 12.8. The van der Waals surface area contributed by atoms with Gasteiger partial charge in [0.1, 0.15) is 0 Å². The Balaban J connectivity index is 1.60. The van der Waals surface area contributed by atoms with Gasteiger partial charge in [-0.05, 0) is 72.3 Å². The lowest BCUT2D eigenvalue weighted by atomic mass is 9.78. The molecule has 2 aliphatic heterocycles. The number of fused-ring (bicyclic) bond motifs is 3. The van der Waals surface area contributed by atoms with Crippen LogP contribution in [-0.4, -0.2) is 50.3 Å². The van der Waals surface area contributed by atoms with Crippen molar-refractivity contribution in [3.8, 4) is 11.5 Å². The Bertz CT molecular complexity index is 991. The predicted molar refractivity (Wildman–Crippen MR) is 133 cm³/mol. The summed E-state index contributed by atoms with van der Waals surface area (Å²) in [4.78, 5) is 7.30. The minimum atomic E-state index is -0.844. The Morgan fingerprint density at radius 1 is 1.24 bits per heavy atom. The van der Waals surface area contributed by atoms with Gasteiger partial charge in [-0.1, -0.05) is 20.8 Å². The van der Waals surface area contributed by atoms with Crippen molar-refractivity contribution in [1.29, 1.82) is 0 Å². The van der Waals surface area contributed by atoms with Crippen LogP contribution in [0.2, 0.25) is 13.1 Å². The molecular formula is C26H38N3O3Si. The Hall–Kier alpha value is -1.93. The first kappa shape index (κ1) is 24.2. The molecule has 2 aromatic rings. The number of nitrogens with two attached hydrogens (primary N) is 1. The van der Waals surface area contributed by atoms with Crippen molar-refractivity contribution in [3.63, 3.8) is 0 Å². The highest BCUT2D eigenvalue weighted by molar-refractivity contribution is 6.48. The normalized spacial score (nSPS) is 24.3. The first-order valence-corrected chi connectivity index (χ1v) is 14.3. The molecule has 1 saturated heterocycles. The molecule has 0 spiro atoms. The van der Waals surface area contributed by atoms with E-state index in [0.717, 1.165) is 31.6 Å². The van der Waals surface area contributed by atoms with E-state index in [1.807, 2.05) is 18.3 Å². The fourth-order valence-corrected chi connectivity index (χ4v) is 6.32. The van der Waals surface area contributed by atoms with E-state index < -0.39 is 9.04 Å². The Labute approximate surface area is 199 Å². The zero-order valence-corrected chi connectivity index (χ0v) is 21.8. The number of hydrogen-bond acceptors (Lipinski definition) is 6. The van der Waals surface area contributed by atoms with Crippen LogP contribution in [0.4, 0.5) is 0 Å². The molecule has 4 atom stereocenters. The molecule has 1 aromatic carbocycles. The summed E-state index contributed by atoms with van der Waals surface area (Å²) in [7, 11) is 0.752. The van der Waals surface area contributed by atoms with Crippen LogP contribution >= 0.6 is 0 Å². The predicted octanol–water partition coefficient (Wildman–Crippen LogP) is 4.56. The number of phenols is 1. The summed E-state index contributed by atoms with van der Waals surface area (Å²) in [5.41, 5.74) is 11.5. The molecule has 7 heteroatoms. The number of pyridine rings is 1. The van der Waals surface area contributed by atoms with Crippen molar-refractivity contribution >= 4 is 9.04 Å². The van der Waals surface area contributed by atoms with E-state index in [0.29, 0.717) is 5.75 Å². The smallest absolute Gasteiger partial charge is 0.205 e. The van der Waals surface area contributed by atoms with Crippen molar-refractivity contribution in [2.45, 2.75) is 70.8 Å². The summed E-state index contributed by atoms with van der Waals surface area (Å²) < 4.78 is 11.8. The maximum atomic E-state index is 10.2. The third kappa shape index (κ3) is 4.97. The number of methoxy groups -OCH3 is 1. The van der Waals surface area contributed by atoms with Crippen molar-refractivity contribution in [2.24, 2.45) is 11.1 Å². The van der Waals surface area contributed by atoms with Gasteiger partial charge in [0, 0.05) is 43.0 Å². The molecule has 33 heavy (non-hydrogen) atoms. The molecular weight excluding hydrogens is 430 g/mol. The molecule has 2 aliphatic rings. The first-order chi connectivity index (χ1) is 15.6. The Morgan fingerprint density at radius 2 is 2.00 bits per heavy atom. The van der Waals surface area contributed by atoms with Gasteiger partial charge in [-0.15, -0.1) is 0 Å². The lowest BCUT2D eigenvalue weighted by Crippen LogP contribution is -2.50. The summed E-state index contributed by atoms with van der Waals surface area (Å²) in [5, 5.41) is 10.2. The second kappa shape index (κ2) is 9.37. The number of phenolic OH excluding ortho intramolecular Hbond substituents is 1. The summed E-state index contributed by atoms with van der Waals surface area (Å²) in [6.07, 6.45) is 3.73. The maximum absolute atomic E-state index is 10.2. The fraction of sp³-hybridized carbons (Fsp3) is 0.577. The zero-order chi connectivity index (χ0) is 23.9. The number of benzene rings is 1. The molecule has 1 aromatic heterocycles. The average molecular weight is 469 g/mol. The number of rotatable bonds is 5. The van der Waals surface area contributed by atoms with Crippen LogP contribution in [0, 0.1) is 5.41 Å². The molecule has 1 radical (unpaired) electrons. The van der Waals surface area contributed by atoms with Gasteiger partial charge >= 0.3 is 0 Å². The van der Waals surface area contributed by atoms with Crippen LogP contribution in [0.15, 0.2) is 30.5 Å². The van der Waals surface area contributed by atoms with E-state index in [1.165, 1.54) is 16.7 Å². The SMILES string of the molecule is COc1cc2c(cc1O)CCN1C[C@@H](c3cc(C(O[Si](C)C)C(C)(C)C)ccn3)[C@H](N)C[C@H]21. The number of hydrogen-bond donors (Lipinski definition) is 2. The van der Waals surface area contributed by atoms with Crippen LogP contribution in [0.25, 0.3) is 0 Å². The van der Waals surface area contributed by atoms with Crippen LogP contribution in [0.3, 0.4) is 0 Å². The molecule has 179 valence electrons. The third-order valence-corrected chi connectivity index (χ3v) is 7.69. The highest BCUT2D eigenvalue weighted by Gasteiger charge is 2.39. The topological polar surface area (TPSA) is 80.8 Å². The van der Waals surface area contributed by atoms with Gasteiger partial charge in [0.05, 0.1) is 13.2 Å². The second-order valence-electron chi connectivity index (χ2n) is 10.8. The Kier molecular flexibility index (Phi) is 6.87. The Morgan fingerprint density at radius 3 is 2.67 bits per heavy atom. The molecule has 3 N–H and O–H groups in total. The fourth-order valence-electron chi connectivity index (χ4n) is 5.36. The summed E-state index contributed by atoms with van der Waals surface area (Å²) in [5.74, 6) is 0.917. The van der Waals surface area contributed by atoms with Crippen LogP contribution in [-0.2, 0) is 10.8 Å². The lowest BCUT2D eigenvalue weighted by molar-refractivity contribution is 0.0859. The largest absolute Gasteiger partial charge is 0.504 e. The first-order valence-electron chi connectivity index (χ1n) is 11.9. The maximum Gasteiger partial charge on any atom is 0.205 e. The van der Waals surface area contributed by atoms with E-state index >= 15 is 0 Å². The standard InChI is InChI=1S/C26H38N3O3Si/c1-26(2,3)25(32-33(5)6)17-7-9-28-21(11-17)19-15-29-10-8-16-12-23(30)24(31-4)13-18(16)22(29)14-20(19)27/h7,9,11-13,19-20,22,25,30H,8,10,14-15,27H2,1-6H3/t19-,20-,22-,25?/m1/s1. The molecule has 0 aliphatic carbocycles. The van der Waals surface area contributed by atoms with Crippen molar-refractivity contribution < 1.29 is 14.3 Å². The lowest BCUT2D eigenvalue weighted by Gasteiger charge is -2.46. The van der Waals surface area contributed by atoms with E-state index in [9.17, 15) is 5.11 Å². The summed E-state index contributed by atoms with van der Waals surface area (Å²) in [6.45, 7) is 12.9. The van der Waals surface area contributed by atoms with Crippen LogP contribution in [0.1, 0.15) is 67.6 Å². The monoisotopic (exact) mass is 468 g/mol. The molecule has 6 nitrogen and oxygen atoms in total. The average Bonchev–Trinajstić information content (AvgIpc) is 2.75. The number of aromatic nitrogens is 1. The zero-order valence-electron chi connectivity index (χ0n) is 20.8. The highest BCUT2D eigenvalue weighted by Crippen LogP contribution is 2.44. The van der Waals surface area contributed by atoms with Crippen LogP contribution in [0.5, 0.6) is 11.5 Å². The summed E-state index contributed by atoms with van der Waals surface area (Å²) in [6, 6.07) is 8.42. The molecule has 0 bridgehead atoms. The molecule has 0 saturated carbocycles. The number of ether oxygens (including phenoxy) is 1. The van der Waals surface area contributed by atoms with Gasteiger partial charge in [0.2, 0.25) is 9.04 Å². The molecule has 0 amide bonds. The minimum Gasteiger partial charge on any atom is -0.504 e. The molecule has 1 fully saturated rings. The minimum absolute atomic E-state index is 0.00152. The van der Waals surface area contributed by atoms with Crippen LogP contribution < -0.4 is 10.5 Å². The molecule has 3 heterocycles. The van der Waals surface area contributed by atoms with E-state index in [2.05, 4.69) is 50.9 Å². The molecule has 4 rings (SSSR count). The summed E-state index contributed by atoms with van der Waals surface area (Å²) >= 11 is 0. The van der Waals surface area contributed by atoms with E-state index in [4.69, 9.17) is 19.9 Å². The number of nitrogens with zero attached hydrogens (tertiary/aromatic N) is 2. The van der Waals surface area contributed by atoms with Gasteiger partial charge < -0.3 is 20.0 Å². The van der Waals surface area contributed by atoms with Gasteiger partial charge in [-0.25, -0.2) is 0 Å². The van der Waals surface area contributed by atoms with Gasteiger partial charge in [0.15, 0.2) is 11.5 Å². The van der Waals surface area contributed by atoms with Crippen molar-refractivity contribution in [2.75, 3.05) is 20.2 Å². The number of piperidine rings is 1.